The van der Waals surface area contributed by atoms with Crippen LogP contribution < -0.4 is 5.73 Å². The summed E-state index contributed by atoms with van der Waals surface area (Å²) in [4.78, 5) is 17.2. The van der Waals surface area contributed by atoms with E-state index in [1.807, 2.05) is 28.0 Å². The minimum absolute atomic E-state index is 0.213. The Kier molecular flexibility index (Phi) is 4.38. The third-order valence-corrected chi connectivity index (χ3v) is 5.29. The molecule has 1 aliphatic rings. The van der Waals surface area contributed by atoms with Gasteiger partial charge in [0, 0.05) is 36.4 Å². The lowest BCUT2D eigenvalue weighted by molar-refractivity contribution is 0.141. The molecule has 3 N–H and O–H groups in total. The summed E-state index contributed by atoms with van der Waals surface area (Å²) in [6.07, 6.45) is 10.4. The van der Waals surface area contributed by atoms with E-state index in [-0.39, 0.29) is 5.96 Å². The molecule has 10 nitrogen and oxygen atoms in total. The Morgan fingerprint density at radius 2 is 2.14 bits per heavy atom. The fourth-order valence-electron chi connectivity index (χ4n) is 3.71. The second-order valence-corrected chi connectivity index (χ2v) is 6.75. The summed E-state index contributed by atoms with van der Waals surface area (Å²) in [7, 11) is 0. The zero-order valence-corrected chi connectivity index (χ0v) is 15.1. The molecule has 140 valence electrons. The molecule has 0 amide bonds. The van der Waals surface area contributed by atoms with Crippen LogP contribution in [0, 0.1) is 22.8 Å². The molecule has 0 saturated carbocycles. The molecule has 10 heteroatoms. The molecular formula is C18H18N10. The first kappa shape index (κ1) is 17.5. The number of fused-ring (bicyclic) bond motifs is 1. The molecule has 3 aromatic rings. The lowest BCUT2D eigenvalue weighted by atomic mass is 9.85. The Labute approximate surface area is 160 Å². The normalized spacial score (nSPS) is 16.6. The maximum atomic E-state index is 9.42. The van der Waals surface area contributed by atoms with Crippen LogP contribution in [0.15, 0.2) is 36.0 Å². The summed E-state index contributed by atoms with van der Waals surface area (Å²) >= 11 is 0. The van der Waals surface area contributed by atoms with Gasteiger partial charge in [-0.15, -0.1) is 4.99 Å². The minimum atomic E-state index is -0.430. The number of nitrogens with two attached hydrogens (primary N) is 1. The van der Waals surface area contributed by atoms with E-state index in [1.165, 1.54) is 6.33 Å². The van der Waals surface area contributed by atoms with E-state index in [1.54, 1.807) is 12.4 Å². The summed E-state index contributed by atoms with van der Waals surface area (Å²) in [6, 6.07) is 4.23. The zero-order valence-electron chi connectivity index (χ0n) is 15.1. The number of nitrogens with zero attached hydrogens (tertiary/aromatic N) is 8. The van der Waals surface area contributed by atoms with Gasteiger partial charge in [0.2, 0.25) is 12.2 Å². The van der Waals surface area contributed by atoms with E-state index < -0.39 is 5.54 Å². The number of likely N-dealkylation sites (tertiary alicyclic amines) is 1. The highest BCUT2D eigenvalue weighted by atomic mass is 15.3. The molecule has 4 heterocycles. The standard InChI is InChI=1S/C18H18N10/c19-5-2-18(3-7-27(8-4-18)17(21)23-11-20)28-10-13(9-26-28)15-14-1-6-22-16(14)25-12-24-15/h1,6,9-10,12H,2-4,7-8H2,(H2,21,23)(H,22,24,25). The summed E-state index contributed by atoms with van der Waals surface area (Å²) in [5.41, 5.74) is 7.84. The maximum absolute atomic E-state index is 9.42. The van der Waals surface area contributed by atoms with Crippen LogP contribution >= 0.6 is 0 Å². The SMILES string of the molecule is N#CCC1(n2cc(-c3ncnc4[nH]ccc34)cn2)CCN(C(N)=NC#N)CC1. The molecule has 0 unspecified atom stereocenters. The van der Waals surface area contributed by atoms with Crippen molar-refractivity contribution in [1.29, 1.82) is 10.5 Å². The summed E-state index contributed by atoms with van der Waals surface area (Å²) in [5.74, 6) is 0.213. The third kappa shape index (κ3) is 2.91. The summed E-state index contributed by atoms with van der Waals surface area (Å²) in [5, 5.41) is 23.6. The minimum Gasteiger partial charge on any atom is -0.369 e. The number of nitriles is 2. The highest BCUT2D eigenvalue weighted by Crippen LogP contribution is 2.34. The molecule has 0 aromatic carbocycles. The first-order chi connectivity index (χ1) is 13.7. The van der Waals surface area contributed by atoms with Crippen LogP contribution in [0.4, 0.5) is 0 Å². The Bertz CT molecular complexity index is 1100. The van der Waals surface area contributed by atoms with Crippen molar-refractivity contribution >= 4 is 17.0 Å². The second-order valence-electron chi connectivity index (χ2n) is 6.75. The second kappa shape index (κ2) is 7.00. The monoisotopic (exact) mass is 374 g/mol. The molecule has 28 heavy (non-hydrogen) atoms. The quantitative estimate of drug-likeness (QED) is 0.399. The Morgan fingerprint density at radius 1 is 1.32 bits per heavy atom. The number of guanidine groups is 1. The van der Waals surface area contributed by atoms with Crippen molar-refractivity contribution in [3.63, 3.8) is 0 Å². The predicted molar refractivity (Wildman–Crippen MR) is 101 cm³/mol. The van der Waals surface area contributed by atoms with E-state index in [0.29, 0.717) is 32.4 Å². The molecule has 4 rings (SSSR count). The van der Waals surface area contributed by atoms with Crippen molar-refractivity contribution in [2.45, 2.75) is 24.8 Å². The van der Waals surface area contributed by atoms with Gasteiger partial charge < -0.3 is 15.6 Å². The predicted octanol–water partition coefficient (Wildman–Crippen LogP) is 1.32. The topological polar surface area (TPSA) is 149 Å². The lowest BCUT2D eigenvalue weighted by Crippen LogP contribution is -2.50. The summed E-state index contributed by atoms with van der Waals surface area (Å²) in [6.45, 7) is 1.20. The highest BCUT2D eigenvalue weighted by molar-refractivity contribution is 5.90. The number of hydrogen-bond acceptors (Lipinski definition) is 6. The molecule has 1 fully saturated rings. The van der Waals surface area contributed by atoms with Gasteiger partial charge in [-0.05, 0) is 18.9 Å². The average molecular weight is 374 g/mol. The molecule has 1 aliphatic heterocycles. The molecule has 1 saturated heterocycles. The fraction of sp³-hybridized carbons (Fsp3) is 0.333. The van der Waals surface area contributed by atoms with Crippen LogP contribution in [0.3, 0.4) is 0 Å². The highest BCUT2D eigenvalue weighted by Gasteiger charge is 2.37. The van der Waals surface area contributed by atoms with E-state index >= 15 is 0 Å². The Morgan fingerprint density at radius 3 is 2.89 bits per heavy atom. The number of hydrogen-bond donors (Lipinski definition) is 2. The molecule has 0 aliphatic carbocycles. The van der Waals surface area contributed by atoms with E-state index in [0.717, 1.165) is 22.3 Å². The van der Waals surface area contributed by atoms with Crippen LogP contribution in [0.2, 0.25) is 0 Å². The molecule has 0 atom stereocenters. The maximum Gasteiger partial charge on any atom is 0.209 e. The van der Waals surface area contributed by atoms with Crippen LogP contribution in [0.25, 0.3) is 22.3 Å². The Hall–Kier alpha value is -3.92. The largest absolute Gasteiger partial charge is 0.369 e. The fourth-order valence-corrected chi connectivity index (χ4v) is 3.71. The van der Waals surface area contributed by atoms with Crippen molar-refractivity contribution in [2.75, 3.05) is 13.1 Å². The van der Waals surface area contributed by atoms with Gasteiger partial charge in [-0.1, -0.05) is 0 Å². The number of rotatable bonds is 3. The van der Waals surface area contributed by atoms with E-state index in [9.17, 15) is 5.26 Å². The smallest absolute Gasteiger partial charge is 0.209 e. The summed E-state index contributed by atoms with van der Waals surface area (Å²) < 4.78 is 1.88. The number of aromatic nitrogens is 5. The average Bonchev–Trinajstić information content (AvgIpc) is 3.38. The van der Waals surface area contributed by atoms with Gasteiger partial charge >= 0.3 is 0 Å². The number of H-pyrrole nitrogens is 1. The first-order valence-electron chi connectivity index (χ1n) is 8.85. The molecule has 0 radical (unpaired) electrons. The molecule has 3 aromatic heterocycles. The van der Waals surface area contributed by atoms with Gasteiger partial charge in [0.05, 0.1) is 29.9 Å². The molecule has 0 spiro atoms. The van der Waals surface area contributed by atoms with E-state index in [2.05, 4.69) is 31.1 Å². The van der Waals surface area contributed by atoms with Crippen molar-refractivity contribution in [3.05, 3.63) is 31.0 Å². The number of piperidine rings is 1. The van der Waals surface area contributed by atoms with Gasteiger partial charge in [0.1, 0.15) is 12.0 Å². The lowest BCUT2D eigenvalue weighted by Gasteiger charge is -2.40. The van der Waals surface area contributed by atoms with Gasteiger partial charge in [-0.2, -0.15) is 15.6 Å². The van der Waals surface area contributed by atoms with Crippen molar-refractivity contribution in [1.82, 2.24) is 29.6 Å². The van der Waals surface area contributed by atoms with E-state index in [4.69, 9.17) is 11.0 Å². The van der Waals surface area contributed by atoms with Crippen molar-refractivity contribution in [2.24, 2.45) is 10.7 Å². The van der Waals surface area contributed by atoms with Gasteiger partial charge in [-0.3, -0.25) is 4.68 Å². The number of aromatic amines is 1. The molecule has 0 bridgehead atoms. The molecular weight excluding hydrogens is 356 g/mol. The van der Waals surface area contributed by atoms with Crippen LogP contribution in [0.5, 0.6) is 0 Å². The van der Waals surface area contributed by atoms with Crippen molar-refractivity contribution in [3.8, 4) is 23.5 Å². The van der Waals surface area contributed by atoms with Crippen molar-refractivity contribution < 1.29 is 0 Å². The zero-order chi connectivity index (χ0) is 19.6. The van der Waals surface area contributed by atoms with Gasteiger partial charge in [0.15, 0.2) is 0 Å². The third-order valence-electron chi connectivity index (χ3n) is 5.29. The number of nitrogens with one attached hydrogen (secondary N) is 1. The van der Waals surface area contributed by atoms with Gasteiger partial charge in [0.25, 0.3) is 0 Å². The van der Waals surface area contributed by atoms with Crippen LogP contribution in [0.1, 0.15) is 19.3 Å². The Balaban J connectivity index is 1.64. The number of aliphatic imine (C=N–C) groups is 1. The first-order valence-corrected chi connectivity index (χ1v) is 8.85. The van der Waals surface area contributed by atoms with Crippen LogP contribution in [-0.4, -0.2) is 48.7 Å². The van der Waals surface area contributed by atoms with Crippen LogP contribution in [-0.2, 0) is 5.54 Å². The van der Waals surface area contributed by atoms with Gasteiger partial charge in [-0.25, -0.2) is 9.97 Å².